The molecule has 164 valence electrons. The van der Waals surface area contributed by atoms with Crippen LogP contribution in [0.15, 0.2) is 11.6 Å². The first-order valence-electron chi connectivity index (χ1n) is 9.43. The van der Waals surface area contributed by atoms with Crippen LogP contribution >= 0.6 is 0 Å². The van der Waals surface area contributed by atoms with Crippen LogP contribution in [0.2, 0.25) is 0 Å². The number of aliphatic hydroxyl groups excluding tert-OH is 1. The lowest BCUT2D eigenvalue weighted by molar-refractivity contribution is -0.883. The Morgan fingerprint density at radius 1 is 1.28 bits per heavy atom. The zero-order valence-electron chi connectivity index (χ0n) is 16.9. The largest absolute Gasteiger partial charge is 0.748 e. The third kappa shape index (κ3) is 4.33. The van der Waals surface area contributed by atoms with Gasteiger partial charge in [0.15, 0.2) is 0 Å². The number of esters is 2. The van der Waals surface area contributed by atoms with Crippen molar-refractivity contribution in [2.24, 2.45) is 11.8 Å². The number of likely N-dealkylation sites (N-methyl/N-ethyl adjacent to an activating group) is 1. The summed E-state index contributed by atoms with van der Waals surface area (Å²) < 4.78 is 44.2. The molecule has 0 aromatic carbocycles. The maximum Gasteiger partial charge on any atom is 0.340 e. The van der Waals surface area contributed by atoms with Gasteiger partial charge in [-0.2, -0.15) is 0 Å². The quantitative estimate of drug-likeness (QED) is 0.263. The highest BCUT2D eigenvalue weighted by molar-refractivity contribution is 7.84. The first kappa shape index (κ1) is 22.2. The summed E-state index contributed by atoms with van der Waals surface area (Å²) in [6.45, 7) is 3.74. The van der Waals surface area contributed by atoms with Crippen LogP contribution in [0.1, 0.15) is 20.3 Å². The summed E-state index contributed by atoms with van der Waals surface area (Å²) in [6, 6.07) is -0.417. The Morgan fingerprint density at radius 3 is 2.41 bits per heavy atom. The molecule has 2 fully saturated rings. The monoisotopic (exact) mass is 433 g/mol. The Hall–Kier alpha value is -1.53. The van der Waals surface area contributed by atoms with Gasteiger partial charge in [-0.3, -0.25) is 4.79 Å². The zero-order chi connectivity index (χ0) is 21.9. The molecular weight excluding hydrogens is 406 g/mol. The van der Waals surface area contributed by atoms with Crippen LogP contribution in [0, 0.1) is 11.8 Å². The number of carbonyl (C=O) groups excluding carboxylic acids is 2. The van der Waals surface area contributed by atoms with Gasteiger partial charge < -0.3 is 28.8 Å². The summed E-state index contributed by atoms with van der Waals surface area (Å²) in [4.78, 5) is 25.5. The van der Waals surface area contributed by atoms with Crippen LogP contribution < -0.4 is 4.90 Å². The fourth-order valence-electron chi connectivity index (χ4n) is 4.64. The molecule has 29 heavy (non-hydrogen) atoms. The molecule has 0 radical (unpaired) electrons. The van der Waals surface area contributed by atoms with Crippen molar-refractivity contribution in [3.63, 3.8) is 0 Å². The second kappa shape index (κ2) is 7.31. The third-order valence-corrected chi connectivity index (χ3v) is 6.00. The molecule has 3 aliphatic heterocycles. The lowest BCUT2D eigenvalue weighted by atomic mass is 9.80. The SMILES string of the molecule is CC1C(=O)OC2CC3(C)OC3C(O)C([NH+](C)C)C3=CC(OC3=O)C21.CS(=O)(=O)[O-]. The van der Waals surface area contributed by atoms with Crippen molar-refractivity contribution >= 4 is 22.1 Å². The second-order valence-corrected chi connectivity index (χ2v) is 10.0. The Bertz CT molecular complexity index is 830. The molecule has 2 bridgehead atoms. The summed E-state index contributed by atoms with van der Waals surface area (Å²) >= 11 is 0. The molecular formula is C18H27NO9S. The van der Waals surface area contributed by atoms with Crippen molar-refractivity contribution in [2.45, 2.75) is 56.3 Å². The zero-order valence-corrected chi connectivity index (χ0v) is 17.8. The molecule has 0 aromatic rings. The minimum atomic E-state index is -3.92. The van der Waals surface area contributed by atoms with E-state index in [1.807, 2.05) is 27.9 Å². The molecule has 4 rings (SSSR count). The first-order valence-corrected chi connectivity index (χ1v) is 11.2. The van der Waals surface area contributed by atoms with E-state index in [-0.39, 0.29) is 30.0 Å². The Morgan fingerprint density at radius 2 is 1.86 bits per heavy atom. The predicted molar refractivity (Wildman–Crippen MR) is 96.6 cm³/mol. The van der Waals surface area contributed by atoms with E-state index >= 15 is 0 Å². The van der Waals surface area contributed by atoms with Gasteiger partial charge in [0.2, 0.25) is 0 Å². The number of epoxide rings is 1. The van der Waals surface area contributed by atoms with Crippen molar-refractivity contribution in [3.05, 3.63) is 11.6 Å². The molecule has 0 saturated carbocycles. The van der Waals surface area contributed by atoms with Gasteiger partial charge in [-0.1, -0.05) is 6.92 Å². The van der Waals surface area contributed by atoms with Crippen LogP contribution in [0.4, 0.5) is 0 Å². The van der Waals surface area contributed by atoms with Crippen LogP contribution in [0.25, 0.3) is 0 Å². The van der Waals surface area contributed by atoms with E-state index in [0.717, 1.165) is 4.90 Å². The van der Waals surface area contributed by atoms with Crippen LogP contribution in [-0.2, 0) is 33.9 Å². The Labute approximate surface area is 169 Å². The normalized spacial score (nSPS) is 43.3. The number of quaternary nitrogens is 1. The number of fused-ring (bicyclic) bond motifs is 4. The van der Waals surface area contributed by atoms with Gasteiger partial charge in [0.1, 0.15) is 30.5 Å². The lowest BCUT2D eigenvalue weighted by Crippen LogP contribution is -3.12. The van der Waals surface area contributed by atoms with Gasteiger partial charge >= 0.3 is 11.9 Å². The summed E-state index contributed by atoms with van der Waals surface area (Å²) in [7, 11) is -0.122. The number of carbonyl (C=O) groups is 2. The van der Waals surface area contributed by atoms with E-state index in [1.54, 1.807) is 6.08 Å². The van der Waals surface area contributed by atoms with Crippen molar-refractivity contribution in [2.75, 3.05) is 20.4 Å². The summed E-state index contributed by atoms with van der Waals surface area (Å²) in [5.41, 5.74) is -0.0710. The van der Waals surface area contributed by atoms with Crippen LogP contribution in [0.5, 0.6) is 0 Å². The smallest absolute Gasteiger partial charge is 0.340 e. The Kier molecular flexibility index (Phi) is 5.59. The van der Waals surface area contributed by atoms with E-state index in [4.69, 9.17) is 27.2 Å². The molecule has 4 aliphatic rings. The van der Waals surface area contributed by atoms with Crippen molar-refractivity contribution < 1.29 is 46.8 Å². The van der Waals surface area contributed by atoms with Crippen molar-refractivity contribution in [1.29, 1.82) is 0 Å². The minimum absolute atomic E-state index is 0.214. The topological polar surface area (TPSA) is 147 Å². The number of hydrogen-bond donors (Lipinski definition) is 2. The Balaban J connectivity index is 0.000000431. The van der Waals surface area contributed by atoms with E-state index < -0.39 is 39.9 Å². The number of nitrogens with one attached hydrogen (secondary N) is 1. The molecule has 1 aliphatic carbocycles. The average Bonchev–Trinajstić information content (AvgIpc) is 2.95. The van der Waals surface area contributed by atoms with E-state index in [0.29, 0.717) is 18.2 Å². The molecule has 8 atom stereocenters. The molecule has 2 saturated heterocycles. The van der Waals surface area contributed by atoms with Gasteiger partial charge in [0.05, 0.1) is 41.3 Å². The highest BCUT2D eigenvalue weighted by Gasteiger charge is 2.64. The van der Waals surface area contributed by atoms with E-state index in [1.165, 1.54) is 0 Å². The highest BCUT2D eigenvalue weighted by Crippen LogP contribution is 2.49. The fraction of sp³-hybridized carbons (Fsp3) is 0.778. The van der Waals surface area contributed by atoms with Gasteiger partial charge in [0.25, 0.3) is 0 Å². The average molecular weight is 433 g/mol. The van der Waals surface area contributed by atoms with Crippen LogP contribution in [0.3, 0.4) is 0 Å². The molecule has 0 amide bonds. The van der Waals surface area contributed by atoms with Crippen LogP contribution in [-0.4, -0.2) is 86.4 Å². The number of ether oxygens (including phenoxy) is 3. The van der Waals surface area contributed by atoms with E-state index in [9.17, 15) is 14.7 Å². The second-order valence-electron chi connectivity index (χ2n) is 8.64. The molecule has 0 spiro atoms. The summed E-state index contributed by atoms with van der Waals surface area (Å²) in [5.74, 6) is -1.23. The molecule has 3 heterocycles. The van der Waals surface area contributed by atoms with Gasteiger partial charge in [0, 0.05) is 18.6 Å². The summed E-state index contributed by atoms with van der Waals surface area (Å²) in [5, 5.41) is 10.8. The molecule has 0 aromatic heterocycles. The van der Waals surface area contributed by atoms with E-state index in [2.05, 4.69) is 0 Å². The summed E-state index contributed by atoms with van der Waals surface area (Å²) in [6.07, 6.45) is 0.833. The maximum absolute atomic E-state index is 12.4. The van der Waals surface area contributed by atoms with Crippen molar-refractivity contribution in [1.82, 2.24) is 0 Å². The fourth-order valence-corrected chi connectivity index (χ4v) is 4.64. The minimum Gasteiger partial charge on any atom is -0.748 e. The van der Waals surface area contributed by atoms with Crippen molar-refractivity contribution in [3.8, 4) is 0 Å². The third-order valence-electron chi connectivity index (χ3n) is 6.00. The highest BCUT2D eigenvalue weighted by atomic mass is 32.2. The molecule has 10 nitrogen and oxygen atoms in total. The lowest BCUT2D eigenvalue weighted by Gasteiger charge is -2.27. The predicted octanol–water partition coefficient (Wildman–Crippen LogP) is -2.39. The number of aliphatic hydroxyl groups is 1. The number of rotatable bonds is 1. The van der Waals surface area contributed by atoms with Gasteiger partial charge in [-0.05, 0) is 13.0 Å². The molecule has 2 N–H and O–H groups in total. The maximum atomic E-state index is 12.4. The van der Waals surface area contributed by atoms with Gasteiger partial charge in [-0.15, -0.1) is 0 Å². The number of hydrogen-bond acceptors (Lipinski definition) is 9. The van der Waals surface area contributed by atoms with Gasteiger partial charge in [-0.25, -0.2) is 13.2 Å². The molecule has 11 heteroatoms. The first-order chi connectivity index (χ1) is 13.2. The molecule has 8 unspecified atom stereocenters. The standard InChI is InChI=1S/C17H23NO6.CH4O3S/c1-7-11-9-5-8(16(21)22-9)12(18(3)4)13(19)14-17(2,24-14)6-10(11)23-15(7)20;1-5(2,3)4/h5,7,9-14,19H,6H2,1-4H3;1H3,(H,2,3,4).